The molecule has 6 heteroatoms. The molecule has 0 bridgehead atoms. The molecule has 1 aliphatic heterocycles. The number of esters is 1. The molecule has 0 aromatic heterocycles. The van der Waals surface area contributed by atoms with Crippen LogP contribution in [0, 0.1) is 5.92 Å². The van der Waals surface area contributed by atoms with E-state index < -0.39 is 27.8 Å². The van der Waals surface area contributed by atoms with Crippen molar-refractivity contribution < 1.29 is 23.1 Å². The summed E-state index contributed by atoms with van der Waals surface area (Å²) in [6, 6.07) is 0. The topological polar surface area (TPSA) is 80.7 Å². The van der Waals surface area contributed by atoms with Crippen LogP contribution in [0.25, 0.3) is 0 Å². The number of carbonyl (C=O) groups excluding carboxylic acids is 1. The average molecular weight is 194 g/mol. The number of rotatable bonds is 1. The second kappa shape index (κ2) is 3.02. The minimum absolute atomic E-state index is 0.305. The van der Waals surface area contributed by atoms with E-state index in [0.717, 1.165) is 0 Å². The van der Waals surface area contributed by atoms with E-state index in [1.165, 1.54) is 7.11 Å². The highest BCUT2D eigenvalue weighted by Crippen LogP contribution is 2.19. The summed E-state index contributed by atoms with van der Waals surface area (Å²) in [7, 11) is -2.08. The predicted octanol–water partition coefficient (Wildman–Crippen LogP) is -1.44. The fourth-order valence-corrected chi connectivity index (χ4v) is 3.00. The van der Waals surface area contributed by atoms with Crippen molar-refractivity contribution in [2.24, 2.45) is 5.92 Å². The lowest BCUT2D eigenvalue weighted by atomic mass is 10.1. The monoisotopic (exact) mass is 194 g/mol. The second-order valence-corrected chi connectivity index (χ2v) is 4.93. The lowest BCUT2D eigenvalue weighted by molar-refractivity contribution is -0.147. The molecule has 2 atom stereocenters. The maximum atomic E-state index is 10.9. The van der Waals surface area contributed by atoms with Crippen LogP contribution in [-0.2, 0) is 19.4 Å². The first-order chi connectivity index (χ1) is 5.46. The van der Waals surface area contributed by atoms with Crippen LogP contribution in [0.15, 0.2) is 0 Å². The molecule has 1 rings (SSSR count). The van der Waals surface area contributed by atoms with Gasteiger partial charge in [-0.25, -0.2) is 8.42 Å². The summed E-state index contributed by atoms with van der Waals surface area (Å²) in [5, 5.41) is 9.15. The first-order valence-corrected chi connectivity index (χ1v) is 5.25. The summed E-state index contributed by atoms with van der Waals surface area (Å²) in [5.41, 5.74) is 0. The highest BCUT2D eigenvalue weighted by Gasteiger charge is 2.41. The Morgan fingerprint density at radius 1 is 1.50 bits per heavy atom. The zero-order valence-corrected chi connectivity index (χ0v) is 7.37. The van der Waals surface area contributed by atoms with Crippen molar-refractivity contribution in [3.63, 3.8) is 0 Å². The Labute approximate surface area is 70.3 Å². The summed E-state index contributed by atoms with van der Waals surface area (Å²) >= 11 is 0. The van der Waals surface area contributed by atoms with Gasteiger partial charge in [-0.15, -0.1) is 0 Å². The van der Waals surface area contributed by atoms with Gasteiger partial charge in [-0.1, -0.05) is 0 Å². The van der Waals surface area contributed by atoms with Crippen LogP contribution in [0.3, 0.4) is 0 Å². The van der Waals surface area contributed by atoms with E-state index in [-0.39, 0.29) is 11.5 Å². The van der Waals surface area contributed by atoms with Crippen LogP contribution in [0.1, 0.15) is 0 Å². The molecular weight excluding hydrogens is 184 g/mol. The van der Waals surface area contributed by atoms with Crippen LogP contribution in [-0.4, -0.2) is 44.2 Å². The fraction of sp³-hybridized carbons (Fsp3) is 0.833. The maximum absolute atomic E-state index is 10.9. The Kier molecular flexibility index (Phi) is 2.39. The molecule has 0 unspecified atom stereocenters. The van der Waals surface area contributed by atoms with Crippen LogP contribution >= 0.6 is 0 Å². The fourth-order valence-electron chi connectivity index (χ4n) is 1.21. The zero-order chi connectivity index (χ0) is 9.35. The van der Waals surface area contributed by atoms with Crippen molar-refractivity contribution in [3.8, 4) is 0 Å². The summed E-state index contributed by atoms with van der Waals surface area (Å²) in [6.45, 7) is 0. The van der Waals surface area contributed by atoms with Crippen molar-refractivity contribution in [1.82, 2.24) is 0 Å². The summed E-state index contributed by atoms with van der Waals surface area (Å²) in [4.78, 5) is 10.9. The molecule has 0 aromatic rings. The van der Waals surface area contributed by atoms with Crippen molar-refractivity contribution in [3.05, 3.63) is 0 Å². The van der Waals surface area contributed by atoms with Gasteiger partial charge in [0.15, 0.2) is 9.84 Å². The minimum atomic E-state index is -3.25. The molecule has 5 nitrogen and oxygen atoms in total. The standard InChI is InChI=1S/C6H10O5S/c1-11-6(8)4-2-12(9,10)3-5(4)7/h4-5,7H,2-3H2,1H3/t4-,5-/m0/s1. The minimum Gasteiger partial charge on any atom is -0.469 e. The van der Waals surface area contributed by atoms with Gasteiger partial charge in [0.05, 0.1) is 30.6 Å². The highest BCUT2D eigenvalue weighted by atomic mass is 32.2. The van der Waals surface area contributed by atoms with E-state index in [9.17, 15) is 13.2 Å². The van der Waals surface area contributed by atoms with E-state index in [4.69, 9.17) is 5.11 Å². The third kappa shape index (κ3) is 1.75. The van der Waals surface area contributed by atoms with E-state index in [1.807, 2.05) is 0 Å². The van der Waals surface area contributed by atoms with Gasteiger partial charge in [-0.3, -0.25) is 4.79 Å². The van der Waals surface area contributed by atoms with Crippen molar-refractivity contribution >= 4 is 15.8 Å². The number of ether oxygens (including phenoxy) is 1. The quantitative estimate of drug-likeness (QED) is 0.517. The molecule has 0 amide bonds. The van der Waals surface area contributed by atoms with Gasteiger partial charge in [-0.2, -0.15) is 0 Å². The molecule has 0 aromatic carbocycles. The average Bonchev–Trinajstić information content (AvgIpc) is 2.23. The third-order valence-electron chi connectivity index (χ3n) is 1.83. The maximum Gasteiger partial charge on any atom is 0.312 e. The molecule has 0 spiro atoms. The van der Waals surface area contributed by atoms with E-state index >= 15 is 0 Å². The number of sulfone groups is 1. The van der Waals surface area contributed by atoms with E-state index in [2.05, 4.69) is 4.74 Å². The Morgan fingerprint density at radius 3 is 2.42 bits per heavy atom. The second-order valence-electron chi connectivity index (χ2n) is 2.77. The molecule has 0 radical (unpaired) electrons. The van der Waals surface area contributed by atoms with Crippen molar-refractivity contribution in [2.75, 3.05) is 18.6 Å². The SMILES string of the molecule is COC(=O)[C@H]1CS(=O)(=O)C[C@@H]1O. The number of hydrogen-bond donors (Lipinski definition) is 1. The third-order valence-corrected chi connectivity index (χ3v) is 3.54. The van der Waals surface area contributed by atoms with Gasteiger partial charge in [0, 0.05) is 0 Å². The van der Waals surface area contributed by atoms with Gasteiger partial charge in [0.1, 0.15) is 0 Å². The molecule has 0 aliphatic carbocycles. The van der Waals surface area contributed by atoms with Crippen LogP contribution in [0.5, 0.6) is 0 Å². The summed E-state index contributed by atoms with van der Waals surface area (Å²) < 4.78 is 26.1. The van der Waals surface area contributed by atoms with Gasteiger partial charge < -0.3 is 9.84 Å². The van der Waals surface area contributed by atoms with Gasteiger partial charge in [-0.05, 0) is 0 Å². The van der Waals surface area contributed by atoms with E-state index in [1.54, 1.807) is 0 Å². The van der Waals surface area contributed by atoms with Gasteiger partial charge in [0.2, 0.25) is 0 Å². The number of methoxy groups -OCH3 is 1. The summed E-state index contributed by atoms with van der Waals surface area (Å²) in [6.07, 6.45) is -1.11. The normalized spacial score (nSPS) is 33.2. The first-order valence-electron chi connectivity index (χ1n) is 3.42. The highest BCUT2D eigenvalue weighted by molar-refractivity contribution is 7.91. The molecule has 70 valence electrons. The molecular formula is C6H10O5S. The molecule has 12 heavy (non-hydrogen) atoms. The number of hydrogen-bond acceptors (Lipinski definition) is 5. The predicted molar refractivity (Wildman–Crippen MR) is 40.2 cm³/mol. The number of aliphatic hydroxyl groups excluding tert-OH is 1. The van der Waals surface area contributed by atoms with Crippen LogP contribution < -0.4 is 0 Å². The summed E-state index contributed by atoms with van der Waals surface area (Å²) in [5.74, 6) is -2.21. The molecule has 0 saturated carbocycles. The first kappa shape index (κ1) is 9.47. The molecule has 1 heterocycles. The Balaban J connectivity index is 2.77. The lowest BCUT2D eigenvalue weighted by Crippen LogP contribution is -2.27. The number of aliphatic hydroxyl groups is 1. The Bertz CT molecular complexity index is 280. The molecule has 1 aliphatic rings. The van der Waals surface area contributed by atoms with Crippen LogP contribution in [0.4, 0.5) is 0 Å². The number of carbonyl (C=O) groups is 1. The molecule has 1 fully saturated rings. The van der Waals surface area contributed by atoms with Crippen molar-refractivity contribution in [2.45, 2.75) is 6.10 Å². The largest absolute Gasteiger partial charge is 0.469 e. The molecule has 1 saturated heterocycles. The van der Waals surface area contributed by atoms with Gasteiger partial charge >= 0.3 is 5.97 Å². The van der Waals surface area contributed by atoms with Gasteiger partial charge in [0.25, 0.3) is 0 Å². The van der Waals surface area contributed by atoms with Crippen molar-refractivity contribution in [1.29, 1.82) is 0 Å². The smallest absolute Gasteiger partial charge is 0.312 e. The Hall–Kier alpha value is -0.620. The zero-order valence-electron chi connectivity index (χ0n) is 6.56. The van der Waals surface area contributed by atoms with E-state index in [0.29, 0.717) is 0 Å². The Morgan fingerprint density at radius 2 is 2.08 bits per heavy atom. The molecule has 1 N–H and O–H groups in total. The lowest BCUT2D eigenvalue weighted by Gasteiger charge is -2.08. The van der Waals surface area contributed by atoms with Crippen LogP contribution in [0.2, 0.25) is 0 Å².